The van der Waals surface area contributed by atoms with E-state index in [1.54, 1.807) is 7.11 Å². The summed E-state index contributed by atoms with van der Waals surface area (Å²) >= 11 is 0. The van der Waals surface area contributed by atoms with Crippen LogP contribution in [0.15, 0.2) is 127 Å². The first kappa shape index (κ1) is 32.7. The monoisotopic (exact) mass is 641 g/mol. The fraction of sp³-hybridized carbons (Fsp3) is 0.262. The second kappa shape index (κ2) is 15.6. The molecule has 0 aromatic heterocycles. The lowest BCUT2D eigenvalue weighted by molar-refractivity contribution is -0.134. The van der Waals surface area contributed by atoms with E-state index in [0.29, 0.717) is 57.1 Å². The number of amides is 1. The molecule has 0 aliphatic carbocycles. The minimum atomic E-state index is -0.718. The normalized spacial score (nSPS) is 15.3. The first-order valence-electron chi connectivity index (χ1n) is 16.6. The summed E-state index contributed by atoms with van der Waals surface area (Å²) in [5, 5.41) is 3.29. The van der Waals surface area contributed by atoms with Crippen molar-refractivity contribution in [3.8, 4) is 23.0 Å². The predicted octanol–water partition coefficient (Wildman–Crippen LogP) is 8.33. The lowest BCUT2D eigenvalue weighted by atomic mass is 9.67. The van der Waals surface area contributed by atoms with Crippen LogP contribution >= 0.6 is 0 Å². The van der Waals surface area contributed by atoms with Crippen LogP contribution in [0.4, 0.5) is 0 Å². The Morgan fingerprint density at radius 2 is 1.21 bits per heavy atom. The summed E-state index contributed by atoms with van der Waals surface area (Å²) in [6, 6.07) is 42.7. The zero-order valence-electron chi connectivity index (χ0n) is 27.7. The van der Waals surface area contributed by atoms with Gasteiger partial charge in [-0.3, -0.25) is 4.79 Å². The largest absolute Gasteiger partial charge is 0.493 e. The first-order valence-corrected chi connectivity index (χ1v) is 16.6. The molecule has 1 amide bonds. The number of piperidine rings is 1. The van der Waals surface area contributed by atoms with Gasteiger partial charge in [-0.15, -0.1) is 0 Å². The van der Waals surface area contributed by atoms with Crippen LogP contribution in [-0.4, -0.2) is 26.2 Å². The van der Waals surface area contributed by atoms with E-state index in [2.05, 4.69) is 66.0 Å². The number of nitrogens with one attached hydrogen (secondary N) is 1. The average Bonchev–Trinajstić information content (AvgIpc) is 3.12. The van der Waals surface area contributed by atoms with Crippen molar-refractivity contribution in [2.75, 3.05) is 20.3 Å². The molecule has 0 unspecified atom stereocenters. The van der Waals surface area contributed by atoms with E-state index in [0.717, 1.165) is 39.3 Å². The van der Waals surface area contributed by atoms with Gasteiger partial charge in [0.25, 0.3) is 0 Å². The maximum absolute atomic E-state index is 14.1. The standard InChI is InChI=1S/C42H43NO5/c1-3-46-40-24-35(20-21-39(40)45-2)36-27-42(41(44)43-28-36,25-33-16-10-18-37(22-33)47-29-31-12-6-4-7-13-31)26-34-17-11-19-38(23-34)48-30-32-14-8-5-9-15-32/h4-24,36H,3,25-30H2,1-2H3,(H,43,44)/t36-/m1/s1. The van der Waals surface area contributed by atoms with Crippen LogP contribution in [0.3, 0.4) is 0 Å². The van der Waals surface area contributed by atoms with E-state index in [1.165, 1.54) is 0 Å². The molecule has 6 rings (SSSR count). The second-order valence-electron chi connectivity index (χ2n) is 12.4. The van der Waals surface area contributed by atoms with E-state index in [4.69, 9.17) is 18.9 Å². The Bertz CT molecular complexity index is 1700. The summed E-state index contributed by atoms with van der Waals surface area (Å²) < 4.78 is 23.8. The minimum absolute atomic E-state index is 0.0588. The van der Waals surface area contributed by atoms with E-state index < -0.39 is 5.41 Å². The summed E-state index contributed by atoms with van der Waals surface area (Å²) in [6.07, 6.45) is 1.78. The highest BCUT2D eigenvalue weighted by Gasteiger charge is 2.44. The van der Waals surface area contributed by atoms with E-state index in [9.17, 15) is 4.79 Å². The Morgan fingerprint density at radius 3 is 1.75 bits per heavy atom. The van der Waals surface area contributed by atoms with Gasteiger partial charge in [0.1, 0.15) is 24.7 Å². The molecule has 0 saturated carbocycles. The van der Waals surface area contributed by atoms with E-state index in [1.807, 2.05) is 73.7 Å². The minimum Gasteiger partial charge on any atom is -0.493 e. The summed E-state index contributed by atoms with van der Waals surface area (Å²) in [5.74, 6) is 3.13. The van der Waals surface area contributed by atoms with Crippen molar-refractivity contribution in [2.24, 2.45) is 5.41 Å². The van der Waals surface area contributed by atoms with Gasteiger partial charge in [0.05, 0.1) is 19.1 Å². The number of rotatable bonds is 14. The van der Waals surface area contributed by atoms with Crippen molar-refractivity contribution < 1.29 is 23.7 Å². The van der Waals surface area contributed by atoms with Crippen molar-refractivity contribution in [1.82, 2.24) is 5.32 Å². The van der Waals surface area contributed by atoms with Gasteiger partial charge in [0, 0.05) is 12.5 Å². The summed E-state index contributed by atoms with van der Waals surface area (Å²) in [5.41, 5.74) is 4.71. The molecule has 1 atom stereocenters. The van der Waals surface area contributed by atoms with Gasteiger partial charge in [0.15, 0.2) is 11.5 Å². The molecule has 1 fully saturated rings. The summed E-state index contributed by atoms with van der Waals surface area (Å²) in [7, 11) is 1.65. The lowest BCUT2D eigenvalue weighted by Crippen LogP contribution is -2.51. The molecule has 48 heavy (non-hydrogen) atoms. The van der Waals surface area contributed by atoms with Crippen molar-refractivity contribution in [3.05, 3.63) is 155 Å². The molecule has 0 spiro atoms. The highest BCUT2D eigenvalue weighted by Crippen LogP contribution is 2.43. The Hall–Kier alpha value is -5.23. The van der Waals surface area contributed by atoms with Crippen LogP contribution in [0.25, 0.3) is 0 Å². The van der Waals surface area contributed by atoms with Gasteiger partial charge in [-0.05, 0) is 90.4 Å². The number of methoxy groups -OCH3 is 1. The molecule has 5 aromatic carbocycles. The molecule has 1 saturated heterocycles. The Balaban J connectivity index is 1.29. The van der Waals surface area contributed by atoms with Crippen LogP contribution in [0.2, 0.25) is 0 Å². The third-order valence-corrected chi connectivity index (χ3v) is 8.97. The Kier molecular flexibility index (Phi) is 10.6. The molecular weight excluding hydrogens is 598 g/mol. The molecule has 6 nitrogen and oxygen atoms in total. The Labute approximate surface area is 283 Å². The van der Waals surface area contributed by atoms with Crippen LogP contribution in [0.1, 0.15) is 47.1 Å². The van der Waals surface area contributed by atoms with Crippen LogP contribution in [-0.2, 0) is 30.8 Å². The molecule has 1 heterocycles. The van der Waals surface area contributed by atoms with Crippen molar-refractivity contribution >= 4 is 5.91 Å². The molecule has 1 aliphatic rings. The molecule has 246 valence electrons. The molecule has 0 radical (unpaired) electrons. The van der Waals surface area contributed by atoms with Gasteiger partial charge in [-0.1, -0.05) is 91.0 Å². The highest BCUT2D eigenvalue weighted by molar-refractivity contribution is 5.84. The lowest BCUT2D eigenvalue weighted by Gasteiger charge is -2.41. The first-order chi connectivity index (χ1) is 23.5. The number of carbonyl (C=O) groups excluding carboxylic acids is 1. The molecule has 5 aromatic rings. The van der Waals surface area contributed by atoms with Crippen molar-refractivity contribution in [2.45, 2.75) is 45.3 Å². The predicted molar refractivity (Wildman–Crippen MR) is 189 cm³/mol. The fourth-order valence-electron chi connectivity index (χ4n) is 6.61. The zero-order chi connectivity index (χ0) is 33.2. The quantitative estimate of drug-likeness (QED) is 0.132. The van der Waals surface area contributed by atoms with Crippen LogP contribution in [0.5, 0.6) is 23.0 Å². The zero-order valence-corrected chi connectivity index (χ0v) is 27.7. The number of hydrogen-bond acceptors (Lipinski definition) is 5. The van der Waals surface area contributed by atoms with Crippen molar-refractivity contribution in [3.63, 3.8) is 0 Å². The number of hydrogen-bond donors (Lipinski definition) is 1. The summed E-state index contributed by atoms with van der Waals surface area (Å²) in [6.45, 7) is 4.02. The topological polar surface area (TPSA) is 66.0 Å². The molecule has 0 bridgehead atoms. The molecule has 6 heteroatoms. The van der Waals surface area contributed by atoms with Gasteiger partial charge in [-0.2, -0.15) is 0 Å². The number of benzene rings is 5. The number of ether oxygens (including phenoxy) is 4. The number of carbonyl (C=O) groups is 1. The SMILES string of the molecule is CCOc1cc([C@H]2CNC(=O)C(Cc3cccc(OCc4ccccc4)c3)(Cc3cccc(OCc4ccccc4)c3)C2)ccc1OC. The second-order valence-corrected chi connectivity index (χ2v) is 12.4. The molecule has 1 aliphatic heterocycles. The summed E-state index contributed by atoms with van der Waals surface area (Å²) in [4.78, 5) is 14.1. The van der Waals surface area contributed by atoms with Gasteiger partial charge in [-0.25, -0.2) is 0 Å². The van der Waals surface area contributed by atoms with E-state index >= 15 is 0 Å². The highest BCUT2D eigenvalue weighted by atomic mass is 16.5. The third-order valence-electron chi connectivity index (χ3n) is 8.97. The molecular formula is C42H43NO5. The molecule has 1 N–H and O–H groups in total. The van der Waals surface area contributed by atoms with Gasteiger partial charge in [0.2, 0.25) is 5.91 Å². The van der Waals surface area contributed by atoms with Crippen LogP contribution in [0, 0.1) is 5.41 Å². The maximum atomic E-state index is 14.1. The Morgan fingerprint density at radius 1 is 0.646 bits per heavy atom. The maximum Gasteiger partial charge on any atom is 0.226 e. The average molecular weight is 642 g/mol. The van der Waals surface area contributed by atoms with E-state index in [-0.39, 0.29) is 11.8 Å². The van der Waals surface area contributed by atoms with Gasteiger partial charge >= 0.3 is 0 Å². The van der Waals surface area contributed by atoms with Crippen LogP contribution < -0.4 is 24.3 Å². The third kappa shape index (κ3) is 8.18. The fourth-order valence-corrected chi connectivity index (χ4v) is 6.61. The van der Waals surface area contributed by atoms with Gasteiger partial charge < -0.3 is 24.3 Å². The van der Waals surface area contributed by atoms with Crippen molar-refractivity contribution in [1.29, 1.82) is 0 Å². The smallest absolute Gasteiger partial charge is 0.226 e.